The van der Waals surface area contributed by atoms with Crippen LogP contribution < -0.4 is 0 Å². The minimum atomic E-state index is 0.144. The highest BCUT2D eigenvalue weighted by molar-refractivity contribution is 5.74. The number of carbonyl (C=O) groups is 1. The molecule has 0 spiro atoms. The predicted octanol–water partition coefficient (Wildman–Crippen LogP) is 1.17. The molecule has 1 unspecified atom stereocenters. The van der Waals surface area contributed by atoms with Crippen molar-refractivity contribution in [3.8, 4) is 0 Å². The van der Waals surface area contributed by atoms with Gasteiger partial charge in [0.05, 0.1) is 12.7 Å². The Morgan fingerprint density at radius 1 is 1.50 bits per heavy atom. The summed E-state index contributed by atoms with van der Waals surface area (Å²) in [5.74, 6) is 0. The van der Waals surface area contributed by atoms with Crippen molar-refractivity contribution in [3.05, 3.63) is 0 Å². The molecule has 1 saturated heterocycles. The molecule has 0 N–H and O–H groups in total. The molecular weight excluding hydrogens is 180 g/mol. The Hall–Kier alpha value is -0.770. The Morgan fingerprint density at radius 2 is 2.14 bits per heavy atom. The Labute approximate surface area is 85.8 Å². The highest BCUT2D eigenvalue weighted by Gasteiger charge is 2.23. The van der Waals surface area contributed by atoms with Gasteiger partial charge in [-0.05, 0) is 20.8 Å². The van der Waals surface area contributed by atoms with E-state index in [0.717, 1.165) is 26.2 Å². The van der Waals surface area contributed by atoms with Gasteiger partial charge in [-0.2, -0.15) is 0 Å². The van der Waals surface area contributed by atoms with Crippen LogP contribution in [0.3, 0.4) is 0 Å². The van der Waals surface area contributed by atoms with E-state index in [1.54, 1.807) is 0 Å². The molecule has 1 aliphatic rings. The molecule has 0 saturated carbocycles. The lowest BCUT2D eigenvalue weighted by atomic mass is 10.3. The van der Waals surface area contributed by atoms with Crippen LogP contribution in [0.2, 0.25) is 0 Å². The van der Waals surface area contributed by atoms with Crippen molar-refractivity contribution >= 4 is 6.03 Å². The topological polar surface area (TPSA) is 32.8 Å². The van der Waals surface area contributed by atoms with E-state index in [4.69, 9.17) is 4.74 Å². The van der Waals surface area contributed by atoms with E-state index in [9.17, 15) is 4.79 Å². The molecule has 82 valence electrons. The van der Waals surface area contributed by atoms with Crippen molar-refractivity contribution in [1.29, 1.82) is 0 Å². The normalized spacial score (nSPS) is 22.2. The molecular formula is C10H20N2O2. The molecule has 0 aromatic rings. The molecule has 0 aromatic heterocycles. The second-order valence-corrected chi connectivity index (χ2v) is 3.58. The van der Waals surface area contributed by atoms with E-state index in [1.807, 2.05) is 30.6 Å². The fraction of sp³-hybridized carbons (Fsp3) is 0.900. The van der Waals surface area contributed by atoms with E-state index < -0.39 is 0 Å². The molecule has 0 aliphatic carbocycles. The van der Waals surface area contributed by atoms with Gasteiger partial charge in [-0.15, -0.1) is 0 Å². The molecule has 2 amide bonds. The van der Waals surface area contributed by atoms with Crippen LogP contribution in [-0.4, -0.2) is 54.7 Å². The van der Waals surface area contributed by atoms with Gasteiger partial charge >= 0.3 is 6.03 Å². The van der Waals surface area contributed by atoms with Gasteiger partial charge in [-0.25, -0.2) is 4.79 Å². The van der Waals surface area contributed by atoms with Crippen LogP contribution >= 0.6 is 0 Å². The van der Waals surface area contributed by atoms with Gasteiger partial charge in [0.25, 0.3) is 0 Å². The van der Waals surface area contributed by atoms with E-state index in [0.29, 0.717) is 6.61 Å². The van der Waals surface area contributed by atoms with Crippen molar-refractivity contribution < 1.29 is 9.53 Å². The van der Waals surface area contributed by atoms with Crippen LogP contribution in [0.15, 0.2) is 0 Å². The second kappa shape index (κ2) is 5.20. The first-order chi connectivity index (χ1) is 6.69. The number of urea groups is 1. The Kier molecular flexibility index (Phi) is 4.20. The highest BCUT2D eigenvalue weighted by atomic mass is 16.5. The molecule has 1 aliphatic heterocycles. The summed E-state index contributed by atoms with van der Waals surface area (Å²) in [6.07, 6.45) is 0.170. The summed E-state index contributed by atoms with van der Waals surface area (Å²) in [4.78, 5) is 15.6. The van der Waals surface area contributed by atoms with Crippen molar-refractivity contribution in [3.63, 3.8) is 0 Å². The molecule has 4 heteroatoms. The Balaban J connectivity index is 2.50. The summed E-state index contributed by atoms with van der Waals surface area (Å²) in [5, 5.41) is 0. The van der Waals surface area contributed by atoms with Crippen LogP contribution in [0.1, 0.15) is 20.8 Å². The Bertz CT molecular complexity index is 193. The molecule has 1 heterocycles. The van der Waals surface area contributed by atoms with Gasteiger partial charge < -0.3 is 14.5 Å². The first-order valence-corrected chi connectivity index (χ1v) is 5.34. The van der Waals surface area contributed by atoms with Crippen molar-refractivity contribution in [1.82, 2.24) is 9.80 Å². The zero-order chi connectivity index (χ0) is 10.6. The van der Waals surface area contributed by atoms with E-state index in [2.05, 4.69) is 0 Å². The Morgan fingerprint density at radius 3 is 2.64 bits per heavy atom. The third kappa shape index (κ3) is 2.61. The average Bonchev–Trinajstić information content (AvgIpc) is 2.19. The lowest BCUT2D eigenvalue weighted by Gasteiger charge is -2.34. The minimum absolute atomic E-state index is 0.144. The molecule has 1 atom stereocenters. The third-order valence-corrected chi connectivity index (χ3v) is 2.55. The van der Waals surface area contributed by atoms with E-state index in [1.165, 1.54) is 0 Å². The molecule has 0 bridgehead atoms. The van der Waals surface area contributed by atoms with Gasteiger partial charge in [0, 0.05) is 26.2 Å². The monoisotopic (exact) mass is 200 g/mol. The fourth-order valence-corrected chi connectivity index (χ4v) is 1.69. The van der Waals surface area contributed by atoms with Crippen LogP contribution in [0.25, 0.3) is 0 Å². The number of hydrogen-bond acceptors (Lipinski definition) is 2. The fourth-order valence-electron chi connectivity index (χ4n) is 1.69. The van der Waals surface area contributed by atoms with Crippen LogP contribution in [0.4, 0.5) is 4.79 Å². The number of carbonyl (C=O) groups excluding carboxylic acids is 1. The van der Waals surface area contributed by atoms with E-state index >= 15 is 0 Å². The maximum atomic E-state index is 11.9. The first-order valence-electron chi connectivity index (χ1n) is 5.34. The first kappa shape index (κ1) is 11.3. The summed E-state index contributed by atoms with van der Waals surface area (Å²) < 4.78 is 5.39. The molecule has 4 nitrogen and oxygen atoms in total. The quantitative estimate of drug-likeness (QED) is 0.670. The smallest absolute Gasteiger partial charge is 0.320 e. The van der Waals surface area contributed by atoms with Crippen LogP contribution in [-0.2, 0) is 4.74 Å². The van der Waals surface area contributed by atoms with Crippen molar-refractivity contribution in [2.75, 3.05) is 32.8 Å². The largest absolute Gasteiger partial charge is 0.375 e. The summed E-state index contributed by atoms with van der Waals surface area (Å²) in [6, 6.07) is 0.144. The summed E-state index contributed by atoms with van der Waals surface area (Å²) in [5.41, 5.74) is 0. The second-order valence-electron chi connectivity index (χ2n) is 3.58. The molecule has 1 fully saturated rings. The SMILES string of the molecule is CCN(CC)C(=O)N1CCOC(C)C1. The number of rotatable bonds is 2. The maximum Gasteiger partial charge on any atom is 0.320 e. The average molecular weight is 200 g/mol. The van der Waals surface area contributed by atoms with Gasteiger partial charge in [0.15, 0.2) is 0 Å². The van der Waals surface area contributed by atoms with Gasteiger partial charge in [-0.1, -0.05) is 0 Å². The van der Waals surface area contributed by atoms with Crippen LogP contribution in [0, 0.1) is 0 Å². The van der Waals surface area contributed by atoms with Gasteiger partial charge in [-0.3, -0.25) is 0 Å². The number of nitrogens with zero attached hydrogens (tertiary/aromatic N) is 2. The van der Waals surface area contributed by atoms with Crippen molar-refractivity contribution in [2.24, 2.45) is 0 Å². The molecule has 0 aromatic carbocycles. The number of hydrogen-bond donors (Lipinski definition) is 0. The van der Waals surface area contributed by atoms with Gasteiger partial charge in [0.2, 0.25) is 0 Å². The molecule has 0 radical (unpaired) electrons. The highest BCUT2D eigenvalue weighted by Crippen LogP contribution is 2.07. The summed E-state index contributed by atoms with van der Waals surface area (Å²) in [7, 11) is 0. The zero-order valence-electron chi connectivity index (χ0n) is 9.32. The number of morpholine rings is 1. The van der Waals surface area contributed by atoms with Gasteiger partial charge in [0.1, 0.15) is 0 Å². The summed E-state index contributed by atoms with van der Waals surface area (Å²) >= 11 is 0. The molecule has 14 heavy (non-hydrogen) atoms. The van der Waals surface area contributed by atoms with Crippen molar-refractivity contribution in [2.45, 2.75) is 26.9 Å². The zero-order valence-corrected chi connectivity index (χ0v) is 9.32. The predicted molar refractivity (Wildman–Crippen MR) is 55.3 cm³/mol. The number of amides is 2. The lowest BCUT2D eigenvalue weighted by Crippen LogP contribution is -2.50. The minimum Gasteiger partial charge on any atom is -0.375 e. The third-order valence-electron chi connectivity index (χ3n) is 2.55. The standard InChI is InChI=1S/C10H20N2O2/c1-4-11(5-2)10(13)12-6-7-14-9(3)8-12/h9H,4-8H2,1-3H3. The van der Waals surface area contributed by atoms with Crippen LogP contribution in [0.5, 0.6) is 0 Å². The van der Waals surface area contributed by atoms with E-state index in [-0.39, 0.29) is 12.1 Å². The lowest BCUT2D eigenvalue weighted by molar-refractivity contribution is -0.00873. The number of ether oxygens (including phenoxy) is 1. The maximum absolute atomic E-state index is 11.9. The summed E-state index contributed by atoms with van der Waals surface area (Å²) in [6.45, 7) is 9.67. The molecule has 1 rings (SSSR count).